The highest BCUT2D eigenvalue weighted by molar-refractivity contribution is 5.86. The van der Waals surface area contributed by atoms with Gasteiger partial charge in [-0.25, -0.2) is 4.79 Å². The Morgan fingerprint density at radius 2 is 1.76 bits per heavy atom. The molecular weight excluding hydrogens is 743 g/mol. The number of carbonyl (C=O) groups is 2. The summed E-state index contributed by atoms with van der Waals surface area (Å²) < 4.78 is 6.22. The van der Waals surface area contributed by atoms with Crippen molar-refractivity contribution in [3.8, 4) is 11.8 Å². The Hall–Kier alpha value is -2.84. The van der Waals surface area contributed by atoms with Gasteiger partial charge in [0.2, 0.25) is 0 Å². The molecule has 10 aliphatic rings. The van der Waals surface area contributed by atoms with Crippen LogP contribution in [0.4, 0.5) is 0 Å². The number of hydrogen-bond donors (Lipinski definition) is 6. The molecule has 6 N–H and O–H groups in total. The van der Waals surface area contributed by atoms with Crippen LogP contribution in [-0.2, 0) is 20.7 Å². The maximum absolute atomic E-state index is 14.2. The minimum Gasteiger partial charge on any atom is -0.454 e. The summed E-state index contributed by atoms with van der Waals surface area (Å²) in [6.45, 7) is -0.245. The topological polar surface area (TPSA) is 157 Å². The van der Waals surface area contributed by atoms with Crippen molar-refractivity contribution in [3.05, 3.63) is 59.2 Å². The van der Waals surface area contributed by atoms with E-state index in [0.717, 1.165) is 29.4 Å². The molecule has 0 radical (unpaired) electrons. The quantitative estimate of drug-likeness (QED) is 0.0798. The molecule has 1 aliphatic heterocycles. The van der Waals surface area contributed by atoms with E-state index in [2.05, 4.69) is 35.4 Å². The van der Waals surface area contributed by atoms with Crippen molar-refractivity contribution >= 4 is 12.3 Å². The predicted octanol–water partition coefficient (Wildman–Crippen LogP) is 5.15. The lowest BCUT2D eigenvalue weighted by Crippen LogP contribution is -2.80. The summed E-state index contributed by atoms with van der Waals surface area (Å²) >= 11 is 0. The number of carbonyl (C=O) groups excluding carboxylic acids is 2. The summed E-state index contributed by atoms with van der Waals surface area (Å²) in [7, 11) is 0. The first kappa shape index (κ1) is 39.0. The van der Waals surface area contributed by atoms with Crippen LogP contribution in [0.15, 0.2) is 48.1 Å². The van der Waals surface area contributed by atoms with Crippen molar-refractivity contribution in [1.82, 2.24) is 5.32 Å². The minimum atomic E-state index is -1.71. The van der Waals surface area contributed by atoms with E-state index in [0.29, 0.717) is 76.0 Å². The molecule has 1 spiro atoms. The first-order valence-corrected chi connectivity index (χ1v) is 23.3. The van der Waals surface area contributed by atoms with Crippen LogP contribution in [0.5, 0.6) is 0 Å². The van der Waals surface area contributed by atoms with Gasteiger partial charge in [0.15, 0.2) is 0 Å². The Kier molecular flexibility index (Phi) is 9.15. The molecule has 59 heavy (non-hydrogen) atoms. The van der Waals surface area contributed by atoms with E-state index in [4.69, 9.17) is 4.74 Å². The number of esters is 1. The zero-order valence-electron chi connectivity index (χ0n) is 34.3. The maximum atomic E-state index is 14.2. The Balaban J connectivity index is 1.07. The summed E-state index contributed by atoms with van der Waals surface area (Å²) in [6.07, 6.45) is 17.5. The molecule has 0 amide bonds. The van der Waals surface area contributed by atoms with Gasteiger partial charge < -0.3 is 35.1 Å². The van der Waals surface area contributed by atoms with Gasteiger partial charge in [-0.1, -0.05) is 67.9 Å². The predicted molar refractivity (Wildman–Crippen MR) is 219 cm³/mol. The van der Waals surface area contributed by atoms with E-state index in [1.54, 1.807) is 6.08 Å². The summed E-state index contributed by atoms with van der Waals surface area (Å²) in [6, 6.07) is 7.85. The number of fused-ring (bicyclic) bond motifs is 8. The second kappa shape index (κ2) is 13.8. The molecule has 11 rings (SSSR count). The van der Waals surface area contributed by atoms with Gasteiger partial charge in [-0.3, -0.25) is 5.32 Å². The van der Waals surface area contributed by atoms with Gasteiger partial charge in [0, 0.05) is 47.3 Å². The fourth-order valence-electron chi connectivity index (χ4n) is 17.6. The number of benzene rings is 1. The molecule has 1 heterocycles. The van der Waals surface area contributed by atoms with Gasteiger partial charge in [-0.2, -0.15) is 0 Å². The van der Waals surface area contributed by atoms with E-state index >= 15 is 0 Å². The largest absolute Gasteiger partial charge is 0.454 e. The number of hydrogen-bond acceptors (Lipinski definition) is 9. The molecule has 4 bridgehead atoms. The molecule has 1 aromatic carbocycles. The normalized spacial score (nSPS) is 50.7. The van der Waals surface area contributed by atoms with Gasteiger partial charge >= 0.3 is 5.97 Å². The van der Waals surface area contributed by atoms with Crippen LogP contribution in [0.3, 0.4) is 0 Å². The molecule has 9 nitrogen and oxygen atoms in total. The summed E-state index contributed by atoms with van der Waals surface area (Å²) in [5.41, 5.74) is -4.20. The molecular formula is C50H63NO8. The molecule has 17 atom stereocenters. The Labute approximate surface area is 348 Å². The first-order chi connectivity index (χ1) is 28.5. The first-order valence-electron chi connectivity index (χ1n) is 23.3. The van der Waals surface area contributed by atoms with Gasteiger partial charge in [0.25, 0.3) is 0 Å². The molecule has 9 aliphatic carbocycles. The van der Waals surface area contributed by atoms with Crippen molar-refractivity contribution in [1.29, 1.82) is 0 Å². The summed E-state index contributed by atoms with van der Waals surface area (Å²) in [4.78, 5) is 27.7. The van der Waals surface area contributed by atoms with Crippen LogP contribution in [0.2, 0.25) is 0 Å². The third-order valence-electron chi connectivity index (χ3n) is 19.7. The number of aliphatic hydroxyl groups excluding tert-OH is 2. The number of nitrogens with one attached hydrogen (secondary N) is 1. The smallest absolute Gasteiger partial charge is 0.331 e. The molecule has 0 unspecified atom stereocenters. The van der Waals surface area contributed by atoms with Gasteiger partial charge in [0.05, 0.1) is 29.5 Å². The van der Waals surface area contributed by atoms with Crippen molar-refractivity contribution in [2.75, 3.05) is 6.73 Å². The standard InChI is InChI=1S/C50H63NO8/c52-27-47-18-15-41(54)39-21-32-13-7-14-35(30-10-2-3-11-30)36(32)23-34(50(39,47)58)26-48(56)42(47)16-19-46-17-6-5-9-29-8-1-4-12-31(29)22-40(51-28-53)37-20-33(25-49(46,48)57)44(46)38-24-43(55)59-45(37)38/h1,4,7-8,12-13,24,27,30,32-37,39-42,44-45,51,53-54,56-58H,2-3,6,10-11,14-23,25-26,28H2/t32-,33+,34+,35-,36+,37+,39-,40-,41+,42-,44-,45+,46-,47+,48+,49-,50+/m1/s1. The average Bonchev–Trinajstić information content (AvgIpc) is 3.94. The number of aldehydes is 1. The second-order valence-corrected chi connectivity index (χ2v) is 21.3. The Morgan fingerprint density at radius 3 is 2.58 bits per heavy atom. The highest BCUT2D eigenvalue weighted by Gasteiger charge is 2.83. The lowest BCUT2D eigenvalue weighted by Gasteiger charge is -2.72. The fourth-order valence-corrected chi connectivity index (χ4v) is 17.6. The lowest BCUT2D eigenvalue weighted by atomic mass is 9.35. The number of ether oxygens (including phenoxy) is 1. The van der Waals surface area contributed by atoms with Crippen LogP contribution < -0.4 is 5.32 Å². The zero-order valence-corrected chi connectivity index (χ0v) is 34.3. The van der Waals surface area contributed by atoms with Crippen LogP contribution in [0.1, 0.15) is 114 Å². The van der Waals surface area contributed by atoms with Crippen LogP contribution in [-0.4, -0.2) is 79.6 Å². The van der Waals surface area contributed by atoms with Crippen molar-refractivity contribution < 1.29 is 39.9 Å². The molecule has 0 saturated heterocycles. The minimum absolute atomic E-state index is 0.0978. The van der Waals surface area contributed by atoms with Gasteiger partial charge in [0.1, 0.15) is 18.0 Å². The molecule has 9 heteroatoms. The average molecular weight is 806 g/mol. The van der Waals surface area contributed by atoms with Crippen molar-refractivity contribution in [2.45, 2.75) is 144 Å². The van der Waals surface area contributed by atoms with Gasteiger partial charge in [-0.05, 0) is 136 Å². The molecule has 7 fully saturated rings. The van der Waals surface area contributed by atoms with Crippen molar-refractivity contribution in [2.24, 2.45) is 70.0 Å². The fraction of sp³-hybridized carbons (Fsp3) is 0.720. The van der Waals surface area contributed by atoms with E-state index in [1.807, 2.05) is 18.2 Å². The Morgan fingerprint density at radius 1 is 0.932 bits per heavy atom. The highest BCUT2D eigenvalue weighted by Crippen LogP contribution is 2.77. The molecule has 0 aromatic heterocycles. The van der Waals surface area contributed by atoms with Crippen LogP contribution >= 0.6 is 0 Å². The Bertz CT molecular complexity index is 2010. The van der Waals surface area contributed by atoms with E-state index < -0.39 is 57.6 Å². The maximum Gasteiger partial charge on any atom is 0.331 e. The van der Waals surface area contributed by atoms with E-state index in [-0.39, 0.29) is 61.2 Å². The molecule has 7 saturated carbocycles. The number of aliphatic hydroxyl groups is 5. The summed E-state index contributed by atoms with van der Waals surface area (Å²) in [5, 5.41) is 67.6. The highest BCUT2D eigenvalue weighted by atomic mass is 16.5. The molecule has 1 aromatic rings. The monoisotopic (exact) mass is 805 g/mol. The lowest BCUT2D eigenvalue weighted by molar-refractivity contribution is -0.343. The number of rotatable bonds is 4. The second-order valence-electron chi connectivity index (χ2n) is 21.3. The summed E-state index contributed by atoms with van der Waals surface area (Å²) in [5.74, 6) is 5.85. The van der Waals surface area contributed by atoms with E-state index in [1.165, 1.54) is 25.7 Å². The zero-order chi connectivity index (χ0) is 40.5. The third kappa shape index (κ3) is 5.14. The van der Waals surface area contributed by atoms with Crippen LogP contribution in [0, 0.1) is 81.8 Å². The van der Waals surface area contributed by atoms with E-state index in [9.17, 15) is 35.1 Å². The third-order valence-corrected chi connectivity index (χ3v) is 19.7. The SMILES string of the molecule is O=C[C@@]12CC[C@H](O)[C@H]3C[C@H]4C=CC[C@H](C5CCCC5)[C@H]4C[C@@H](C[C@]4(O)[C@@H]1CC[C@@]15CCC#Cc6ccccc6C[C@@H](NCO)[C@@H]6C[C@@H](C[C@@]14O)[C@@H]5C1=CC(=O)O[C@H]16)[C@]32O. The van der Waals surface area contributed by atoms with Gasteiger partial charge in [-0.15, -0.1) is 0 Å². The van der Waals surface area contributed by atoms with Crippen molar-refractivity contribution in [3.63, 3.8) is 0 Å². The van der Waals surface area contributed by atoms with Crippen LogP contribution in [0.25, 0.3) is 0 Å². The molecule has 316 valence electrons. The number of allylic oxidation sites excluding steroid dienone is 2.